The van der Waals surface area contributed by atoms with Crippen molar-refractivity contribution in [3.63, 3.8) is 0 Å². The van der Waals surface area contributed by atoms with E-state index in [4.69, 9.17) is 27.9 Å². The number of nitrogen functional groups attached to an aromatic ring is 1. The molecule has 0 aliphatic carbocycles. The average Bonchev–Trinajstić information content (AvgIpc) is 2.44. The molecule has 0 spiro atoms. The standard InChI is InChI=1S/C11H13ClN6O/c1-19-9-3-2-8(17-18-9)10(16-14)7-4-6(12)5-15-11(7)13/h2-5,10,16H,14H2,1H3,(H2,13,15). The molecule has 0 saturated carbocycles. The lowest BCUT2D eigenvalue weighted by molar-refractivity contribution is 0.390. The van der Waals surface area contributed by atoms with E-state index in [1.54, 1.807) is 18.2 Å². The van der Waals surface area contributed by atoms with Crippen LogP contribution >= 0.6 is 11.6 Å². The first-order chi connectivity index (χ1) is 9.15. The summed E-state index contributed by atoms with van der Waals surface area (Å²) in [7, 11) is 1.52. The Morgan fingerprint density at radius 1 is 1.37 bits per heavy atom. The van der Waals surface area contributed by atoms with E-state index in [0.29, 0.717) is 28.0 Å². The molecule has 0 radical (unpaired) electrons. The Hall–Kier alpha value is -1.96. The third kappa shape index (κ3) is 2.90. The molecule has 1 unspecified atom stereocenters. The lowest BCUT2D eigenvalue weighted by Crippen LogP contribution is -2.30. The van der Waals surface area contributed by atoms with Crippen LogP contribution in [0, 0.1) is 0 Å². The number of pyridine rings is 1. The second-order valence-corrected chi connectivity index (χ2v) is 4.16. The molecule has 0 aromatic carbocycles. The minimum atomic E-state index is -0.454. The van der Waals surface area contributed by atoms with E-state index in [1.807, 2.05) is 0 Å². The summed E-state index contributed by atoms with van der Waals surface area (Å²) in [6.45, 7) is 0. The number of methoxy groups -OCH3 is 1. The fraction of sp³-hybridized carbons (Fsp3) is 0.182. The fourth-order valence-electron chi connectivity index (χ4n) is 1.62. The number of rotatable bonds is 4. The lowest BCUT2D eigenvalue weighted by atomic mass is 10.1. The van der Waals surface area contributed by atoms with Crippen molar-refractivity contribution in [3.05, 3.63) is 40.7 Å². The first kappa shape index (κ1) is 13.5. The van der Waals surface area contributed by atoms with Crippen molar-refractivity contribution >= 4 is 17.4 Å². The number of hydrazine groups is 1. The first-order valence-corrected chi connectivity index (χ1v) is 5.78. The molecule has 0 aliphatic heterocycles. The number of ether oxygens (including phenoxy) is 1. The maximum absolute atomic E-state index is 5.91. The van der Waals surface area contributed by atoms with Gasteiger partial charge in [-0.3, -0.25) is 5.84 Å². The van der Waals surface area contributed by atoms with Crippen molar-refractivity contribution in [2.75, 3.05) is 12.8 Å². The number of hydrogen-bond acceptors (Lipinski definition) is 7. The van der Waals surface area contributed by atoms with E-state index in [9.17, 15) is 0 Å². The Kier molecular flexibility index (Phi) is 4.10. The minimum absolute atomic E-state index is 0.324. The molecular formula is C11H13ClN6O. The minimum Gasteiger partial charge on any atom is -0.480 e. The number of halogens is 1. The van der Waals surface area contributed by atoms with Gasteiger partial charge in [-0.2, -0.15) is 0 Å². The highest BCUT2D eigenvalue weighted by atomic mass is 35.5. The molecule has 0 bridgehead atoms. The van der Waals surface area contributed by atoms with Crippen molar-refractivity contribution in [3.8, 4) is 5.88 Å². The van der Waals surface area contributed by atoms with Crippen molar-refractivity contribution in [2.45, 2.75) is 6.04 Å². The SMILES string of the molecule is COc1ccc(C(NN)c2cc(Cl)cnc2N)nn1. The number of nitrogens with zero attached hydrogens (tertiary/aromatic N) is 3. The van der Waals surface area contributed by atoms with Crippen molar-refractivity contribution in [1.29, 1.82) is 0 Å². The van der Waals surface area contributed by atoms with E-state index >= 15 is 0 Å². The Labute approximate surface area is 114 Å². The Balaban J connectivity index is 2.40. The van der Waals surface area contributed by atoms with Crippen LogP contribution in [0.5, 0.6) is 5.88 Å². The molecule has 100 valence electrons. The van der Waals surface area contributed by atoms with Crippen LogP contribution in [0.2, 0.25) is 5.02 Å². The third-order valence-electron chi connectivity index (χ3n) is 2.56. The van der Waals surface area contributed by atoms with Gasteiger partial charge in [0.15, 0.2) is 0 Å². The summed E-state index contributed by atoms with van der Waals surface area (Å²) in [4.78, 5) is 3.98. The summed E-state index contributed by atoms with van der Waals surface area (Å²) in [5.41, 5.74) is 9.66. The summed E-state index contributed by atoms with van der Waals surface area (Å²) in [5, 5.41) is 8.37. The first-order valence-electron chi connectivity index (χ1n) is 5.40. The molecule has 1 atom stereocenters. The lowest BCUT2D eigenvalue weighted by Gasteiger charge is -2.16. The fourth-order valence-corrected chi connectivity index (χ4v) is 1.79. The van der Waals surface area contributed by atoms with Crippen molar-refractivity contribution in [2.24, 2.45) is 5.84 Å². The van der Waals surface area contributed by atoms with Gasteiger partial charge in [-0.1, -0.05) is 11.6 Å². The quantitative estimate of drug-likeness (QED) is 0.557. The molecular weight excluding hydrogens is 268 g/mol. The monoisotopic (exact) mass is 280 g/mol. The van der Waals surface area contributed by atoms with Gasteiger partial charge in [0.2, 0.25) is 5.88 Å². The van der Waals surface area contributed by atoms with Gasteiger partial charge in [0.25, 0.3) is 0 Å². The summed E-state index contributed by atoms with van der Waals surface area (Å²) in [6, 6.07) is 4.64. The highest BCUT2D eigenvalue weighted by Crippen LogP contribution is 2.26. The summed E-state index contributed by atoms with van der Waals surface area (Å²) >= 11 is 5.91. The second kappa shape index (κ2) is 5.79. The number of hydrogen-bond donors (Lipinski definition) is 3. The molecule has 7 nitrogen and oxygen atoms in total. The van der Waals surface area contributed by atoms with E-state index in [1.165, 1.54) is 13.3 Å². The van der Waals surface area contributed by atoms with Gasteiger partial charge in [0.05, 0.1) is 23.9 Å². The number of nitrogens with two attached hydrogens (primary N) is 2. The summed E-state index contributed by atoms with van der Waals surface area (Å²) in [6.07, 6.45) is 1.47. The molecule has 2 aromatic heterocycles. The molecule has 0 aliphatic rings. The predicted molar refractivity (Wildman–Crippen MR) is 71.4 cm³/mol. The van der Waals surface area contributed by atoms with Crippen LogP contribution in [0.1, 0.15) is 17.3 Å². The molecule has 2 aromatic rings. The second-order valence-electron chi connectivity index (χ2n) is 3.73. The van der Waals surface area contributed by atoms with Gasteiger partial charge in [-0.05, 0) is 12.1 Å². The molecule has 2 heterocycles. The number of aromatic nitrogens is 3. The Morgan fingerprint density at radius 2 is 2.16 bits per heavy atom. The van der Waals surface area contributed by atoms with E-state index in [2.05, 4.69) is 20.6 Å². The van der Waals surface area contributed by atoms with E-state index < -0.39 is 6.04 Å². The van der Waals surface area contributed by atoms with Crippen LogP contribution in [0.25, 0.3) is 0 Å². The third-order valence-corrected chi connectivity index (χ3v) is 2.77. The topological polar surface area (TPSA) is 112 Å². The molecule has 0 fully saturated rings. The number of nitrogens with one attached hydrogen (secondary N) is 1. The van der Waals surface area contributed by atoms with Crippen LogP contribution in [-0.4, -0.2) is 22.3 Å². The maximum atomic E-state index is 5.91. The molecule has 2 rings (SSSR count). The van der Waals surface area contributed by atoms with Crippen molar-refractivity contribution < 1.29 is 4.74 Å². The largest absolute Gasteiger partial charge is 0.480 e. The summed E-state index contributed by atoms with van der Waals surface area (Å²) < 4.78 is 4.95. The maximum Gasteiger partial charge on any atom is 0.233 e. The van der Waals surface area contributed by atoms with Gasteiger partial charge in [-0.25, -0.2) is 10.4 Å². The van der Waals surface area contributed by atoms with Crippen LogP contribution in [0.3, 0.4) is 0 Å². The molecule has 0 saturated heterocycles. The van der Waals surface area contributed by atoms with Crippen LogP contribution in [0.15, 0.2) is 24.4 Å². The van der Waals surface area contributed by atoms with Crippen LogP contribution < -0.4 is 21.7 Å². The zero-order chi connectivity index (χ0) is 13.8. The zero-order valence-electron chi connectivity index (χ0n) is 10.2. The van der Waals surface area contributed by atoms with Crippen LogP contribution in [-0.2, 0) is 0 Å². The van der Waals surface area contributed by atoms with Gasteiger partial charge in [0.1, 0.15) is 5.82 Å². The Morgan fingerprint density at radius 3 is 2.74 bits per heavy atom. The van der Waals surface area contributed by atoms with E-state index in [0.717, 1.165) is 0 Å². The average molecular weight is 281 g/mol. The van der Waals surface area contributed by atoms with Gasteiger partial charge < -0.3 is 10.5 Å². The molecule has 0 amide bonds. The van der Waals surface area contributed by atoms with Crippen LogP contribution in [0.4, 0.5) is 5.82 Å². The van der Waals surface area contributed by atoms with Gasteiger partial charge >= 0.3 is 0 Å². The summed E-state index contributed by atoms with van der Waals surface area (Å²) in [5.74, 6) is 6.29. The van der Waals surface area contributed by atoms with Gasteiger partial charge in [0, 0.05) is 17.8 Å². The Bertz CT molecular complexity index is 562. The highest BCUT2D eigenvalue weighted by molar-refractivity contribution is 6.30. The molecule has 8 heteroatoms. The molecule has 5 N–H and O–H groups in total. The van der Waals surface area contributed by atoms with Crippen molar-refractivity contribution in [1.82, 2.24) is 20.6 Å². The zero-order valence-corrected chi connectivity index (χ0v) is 10.9. The highest BCUT2D eigenvalue weighted by Gasteiger charge is 2.18. The van der Waals surface area contributed by atoms with E-state index in [-0.39, 0.29) is 0 Å². The number of anilines is 1. The smallest absolute Gasteiger partial charge is 0.233 e. The predicted octanol–water partition coefficient (Wildman–Crippen LogP) is 0.668. The molecule has 19 heavy (non-hydrogen) atoms. The normalized spacial score (nSPS) is 12.2. The van der Waals surface area contributed by atoms with Gasteiger partial charge in [-0.15, -0.1) is 10.2 Å².